The van der Waals surface area contributed by atoms with Gasteiger partial charge in [-0.1, -0.05) is 23.7 Å². The predicted octanol–water partition coefficient (Wildman–Crippen LogP) is 2.51. The fourth-order valence-electron chi connectivity index (χ4n) is 3.11. The number of benzene rings is 1. The number of nitrogens with zero attached hydrogens (tertiary/aromatic N) is 1. The second-order valence-electron chi connectivity index (χ2n) is 6.08. The molecule has 4 heteroatoms. The van der Waals surface area contributed by atoms with E-state index in [1.54, 1.807) is 0 Å². The van der Waals surface area contributed by atoms with E-state index in [-0.39, 0.29) is 0 Å². The number of morpholine rings is 1. The van der Waals surface area contributed by atoms with E-state index in [2.05, 4.69) is 29.4 Å². The fourth-order valence-corrected chi connectivity index (χ4v) is 3.30. The molecule has 2 fully saturated rings. The molecule has 1 N–H and O–H groups in total. The molecule has 110 valence electrons. The van der Waals surface area contributed by atoms with Gasteiger partial charge in [0.15, 0.2) is 0 Å². The molecule has 0 radical (unpaired) electrons. The van der Waals surface area contributed by atoms with Gasteiger partial charge in [-0.05, 0) is 43.5 Å². The summed E-state index contributed by atoms with van der Waals surface area (Å²) in [5, 5.41) is 4.48. The molecule has 20 heavy (non-hydrogen) atoms. The molecule has 1 aliphatic carbocycles. The summed E-state index contributed by atoms with van der Waals surface area (Å²) in [5.41, 5.74) is 1.38. The molecule has 1 saturated carbocycles. The molecule has 1 aliphatic heterocycles. The van der Waals surface area contributed by atoms with E-state index in [9.17, 15) is 0 Å². The van der Waals surface area contributed by atoms with Crippen molar-refractivity contribution < 1.29 is 4.74 Å². The Labute approximate surface area is 126 Å². The molecule has 1 aromatic rings. The van der Waals surface area contributed by atoms with Gasteiger partial charge >= 0.3 is 0 Å². The van der Waals surface area contributed by atoms with Gasteiger partial charge in [0, 0.05) is 30.7 Å². The third-order valence-electron chi connectivity index (χ3n) is 4.43. The van der Waals surface area contributed by atoms with Gasteiger partial charge in [0.25, 0.3) is 0 Å². The average molecular weight is 295 g/mol. The topological polar surface area (TPSA) is 24.5 Å². The van der Waals surface area contributed by atoms with Crippen LogP contribution in [0.3, 0.4) is 0 Å². The number of rotatable bonds is 4. The van der Waals surface area contributed by atoms with Crippen LogP contribution in [0.15, 0.2) is 24.3 Å². The molecule has 1 aromatic carbocycles. The fraction of sp³-hybridized carbons (Fsp3) is 0.625. The first-order chi connectivity index (χ1) is 9.70. The lowest BCUT2D eigenvalue weighted by Crippen LogP contribution is -2.49. The summed E-state index contributed by atoms with van der Waals surface area (Å²) in [5.74, 6) is 0.668. The summed E-state index contributed by atoms with van der Waals surface area (Å²) in [7, 11) is 2.16. The summed E-state index contributed by atoms with van der Waals surface area (Å²) in [4.78, 5) is 2.34. The quantitative estimate of drug-likeness (QED) is 0.923. The maximum absolute atomic E-state index is 6.05. The van der Waals surface area contributed by atoms with Crippen LogP contribution in [0.25, 0.3) is 0 Å². The van der Waals surface area contributed by atoms with Crippen molar-refractivity contribution in [3.8, 4) is 0 Å². The molecule has 1 heterocycles. The lowest BCUT2D eigenvalue weighted by atomic mass is 9.76. The lowest BCUT2D eigenvalue weighted by molar-refractivity contribution is -0.0207. The Hall–Kier alpha value is -0.610. The molecule has 1 saturated heterocycles. The molecule has 0 spiro atoms. The molecular weight excluding hydrogens is 272 g/mol. The van der Waals surface area contributed by atoms with Crippen LogP contribution in [0.4, 0.5) is 0 Å². The van der Waals surface area contributed by atoms with Crippen molar-refractivity contribution in [1.29, 1.82) is 0 Å². The molecule has 0 amide bonds. The zero-order chi connectivity index (χ0) is 13.9. The minimum atomic E-state index is 0.346. The van der Waals surface area contributed by atoms with Crippen molar-refractivity contribution in [3.63, 3.8) is 0 Å². The number of hydrogen-bond acceptors (Lipinski definition) is 3. The van der Waals surface area contributed by atoms with Crippen molar-refractivity contribution in [2.75, 3.05) is 33.3 Å². The van der Waals surface area contributed by atoms with Crippen LogP contribution >= 0.6 is 11.6 Å². The van der Waals surface area contributed by atoms with E-state index >= 15 is 0 Å². The Morgan fingerprint density at radius 1 is 1.40 bits per heavy atom. The van der Waals surface area contributed by atoms with Crippen LogP contribution in [-0.4, -0.2) is 50.3 Å². The van der Waals surface area contributed by atoms with Gasteiger partial charge in [0.1, 0.15) is 0 Å². The van der Waals surface area contributed by atoms with Crippen LogP contribution in [0.1, 0.15) is 24.3 Å². The molecule has 1 atom stereocenters. The van der Waals surface area contributed by atoms with Crippen LogP contribution in [0.5, 0.6) is 0 Å². The standard InChI is InChI=1S/C16H23ClN2O/c1-19-5-6-20-16(11-19)10-18-15-8-13(9-15)12-3-2-4-14(17)7-12/h2-4,7,13,15-16,18H,5-6,8-11H2,1H3. The number of ether oxygens (including phenoxy) is 1. The zero-order valence-corrected chi connectivity index (χ0v) is 12.8. The van der Waals surface area contributed by atoms with Gasteiger partial charge in [0.05, 0.1) is 12.7 Å². The predicted molar refractivity (Wildman–Crippen MR) is 82.5 cm³/mol. The summed E-state index contributed by atoms with van der Waals surface area (Å²) in [6.07, 6.45) is 2.77. The lowest BCUT2D eigenvalue weighted by Gasteiger charge is -2.38. The minimum Gasteiger partial charge on any atom is -0.374 e. The van der Waals surface area contributed by atoms with Crippen LogP contribution in [0.2, 0.25) is 5.02 Å². The first-order valence-corrected chi connectivity index (χ1v) is 7.87. The van der Waals surface area contributed by atoms with Crippen molar-refractivity contribution in [1.82, 2.24) is 10.2 Å². The average Bonchev–Trinajstić information content (AvgIpc) is 2.37. The highest BCUT2D eigenvalue weighted by Gasteiger charge is 2.30. The second kappa shape index (κ2) is 6.44. The number of halogens is 1. The molecule has 1 unspecified atom stereocenters. The Morgan fingerprint density at radius 2 is 2.25 bits per heavy atom. The highest BCUT2D eigenvalue weighted by Crippen LogP contribution is 2.37. The Balaban J connectivity index is 1.40. The van der Waals surface area contributed by atoms with E-state index in [4.69, 9.17) is 16.3 Å². The zero-order valence-electron chi connectivity index (χ0n) is 12.0. The number of hydrogen-bond donors (Lipinski definition) is 1. The van der Waals surface area contributed by atoms with E-state index in [1.807, 2.05) is 12.1 Å². The van der Waals surface area contributed by atoms with Gasteiger partial charge in [-0.15, -0.1) is 0 Å². The van der Waals surface area contributed by atoms with Crippen LogP contribution in [0, 0.1) is 0 Å². The Bertz CT molecular complexity index is 448. The van der Waals surface area contributed by atoms with Gasteiger partial charge in [0.2, 0.25) is 0 Å². The van der Waals surface area contributed by atoms with Crippen molar-refractivity contribution >= 4 is 11.6 Å². The van der Waals surface area contributed by atoms with E-state index in [0.29, 0.717) is 18.1 Å². The van der Waals surface area contributed by atoms with Crippen LogP contribution in [-0.2, 0) is 4.74 Å². The monoisotopic (exact) mass is 294 g/mol. The van der Waals surface area contributed by atoms with Crippen LogP contribution < -0.4 is 5.32 Å². The molecule has 2 aliphatic rings. The van der Waals surface area contributed by atoms with E-state index in [0.717, 1.165) is 31.3 Å². The molecule has 3 rings (SSSR count). The summed E-state index contributed by atoms with van der Waals surface area (Å²) in [6, 6.07) is 8.91. The summed E-state index contributed by atoms with van der Waals surface area (Å²) in [6.45, 7) is 3.92. The smallest absolute Gasteiger partial charge is 0.0826 e. The van der Waals surface area contributed by atoms with Gasteiger partial charge in [-0.25, -0.2) is 0 Å². The van der Waals surface area contributed by atoms with Crippen molar-refractivity contribution in [2.45, 2.75) is 30.9 Å². The molecule has 0 aromatic heterocycles. The number of nitrogens with one attached hydrogen (secondary N) is 1. The maximum Gasteiger partial charge on any atom is 0.0826 e. The normalized spacial score (nSPS) is 31.0. The third-order valence-corrected chi connectivity index (χ3v) is 4.67. The summed E-state index contributed by atoms with van der Waals surface area (Å²) >= 11 is 6.05. The molecular formula is C16H23ClN2O. The Kier molecular flexibility index (Phi) is 4.61. The van der Waals surface area contributed by atoms with E-state index in [1.165, 1.54) is 18.4 Å². The summed E-state index contributed by atoms with van der Waals surface area (Å²) < 4.78 is 5.77. The van der Waals surface area contributed by atoms with E-state index < -0.39 is 0 Å². The largest absolute Gasteiger partial charge is 0.374 e. The van der Waals surface area contributed by atoms with Gasteiger partial charge < -0.3 is 15.0 Å². The SMILES string of the molecule is CN1CCOC(CNC2CC(c3cccc(Cl)c3)C2)C1. The minimum absolute atomic E-state index is 0.346. The van der Waals surface area contributed by atoms with Crippen molar-refractivity contribution in [3.05, 3.63) is 34.9 Å². The first-order valence-electron chi connectivity index (χ1n) is 7.49. The third kappa shape index (κ3) is 3.53. The van der Waals surface area contributed by atoms with Gasteiger partial charge in [-0.2, -0.15) is 0 Å². The Morgan fingerprint density at radius 3 is 3.00 bits per heavy atom. The highest BCUT2D eigenvalue weighted by molar-refractivity contribution is 6.30. The number of likely N-dealkylation sites (N-methyl/N-ethyl adjacent to an activating group) is 1. The second-order valence-corrected chi connectivity index (χ2v) is 6.52. The highest BCUT2D eigenvalue weighted by atomic mass is 35.5. The first kappa shape index (κ1) is 14.3. The van der Waals surface area contributed by atoms with Crippen molar-refractivity contribution in [2.24, 2.45) is 0 Å². The molecule has 0 bridgehead atoms. The molecule has 3 nitrogen and oxygen atoms in total. The maximum atomic E-state index is 6.05. The van der Waals surface area contributed by atoms with Gasteiger partial charge in [-0.3, -0.25) is 0 Å².